The van der Waals surface area contributed by atoms with Crippen LogP contribution in [0.15, 0.2) is 12.2 Å². The molecule has 0 radical (unpaired) electrons. The highest BCUT2D eigenvalue weighted by Gasteiger charge is 2.24. The van der Waals surface area contributed by atoms with Gasteiger partial charge in [0.05, 0.1) is 12.0 Å². The lowest BCUT2D eigenvalue weighted by Gasteiger charge is -2.16. The monoisotopic (exact) mass is 366 g/mol. The van der Waals surface area contributed by atoms with E-state index in [1.165, 1.54) is 64.2 Å². The molecule has 0 saturated carbocycles. The molecule has 0 aromatic heterocycles. The zero-order chi connectivity index (χ0) is 18.9. The fourth-order valence-corrected chi connectivity index (χ4v) is 3.77. The molecule has 0 aromatic carbocycles. The Hall–Kier alpha value is -0.830. The highest BCUT2D eigenvalue weighted by atomic mass is 16.5. The smallest absolute Gasteiger partial charge is 0.306 e. The largest absolute Gasteiger partial charge is 0.481 e. The number of hydrogen-bond donors (Lipinski definition) is 1. The van der Waals surface area contributed by atoms with Crippen molar-refractivity contribution in [2.24, 2.45) is 5.92 Å². The molecule has 3 heteroatoms. The second-order valence-corrected chi connectivity index (χ2v) is 7.93. The minimum atomic E-state index is -0.641. The van der Waals surface area contributed by atoms with Crippen LogP contribution in [0, 0.1) is 5.92 Å². The average molecular weight is 367 g/mol. The molecule has 0 aliphatic carbocycles. The molecule has 3 nitrogen and oxygen atoms in total. The van der Waals surface area contributed by atoms with E-state index in [2.05, 4.69) is 19.1 Å². The van der Waals surface area contributed by atoms with Crippen molar-refractivity contribution in [1.82, 2.24) is 0 Å². The molecule has 1 fully saturated rings. The summed E-state index contributed by atoms with van der Waals surface area (Å²) in [5.41, 5.74) is 0. The van der Waals surface area contributed by atoms with Gasteiger partial charge in [0.1, 0.15) is 0 Å². The van der Waals surface area contributed by atoms with Gasteiger partial charge >= 0.3 is 5.97 Å². The molecule has 1 rings (SSSR count). The molecule has 1 saturated heterocycles. The third kappa shape index (κ3) is 12.5. The van der Waals surface area contributed by atoms with E-state index in [4.69, 9.17) is 4.74 Å². The van der Waals surface area contributed by atoms with Gasteiger partial charge in [0.2, 0.25) is 0 Å². The van der Waals surface area contributed by atoms with E-state index in [0.29, 0.717) is 6.42 Å². The lowest BCUT2D eigenvalue weighted by molar-refractivity contribution is -0.143. The Morgan fingerprint density at radius 3 is 2.19 bits per heavy atom. The summed E-state index contributed by atoms with van der Waals surface area (Å²) in [6.07, 6.45) is 23.8. The molecule has 2 unspecified atom stereocenters. The van der Waals surface area contributed by atoms with E-state index in [9.17, 15) is 9.90 Å². The summed E-state index contributed by atoms with van der Waals surface area (Å²) in [7, 11) is 0. The Labute approximate surface area is 161 Å². The van der Waals surface area contributed by atoms with E-state index < -0.39 is 5.97 Å². The summed E-state index contributed by atoms with van der Waals surface area (Å²) >= 11 is 0. The molecule has 1 aliphatic heterocycles. The molecular weight excluding hydrogens is 324 g/mol. The van der Waals surface area contributed by atoms with Crippen LogP contribution < -0.4 is 0 Å². The van der Waals surface area contributed by atoms with Gasteiger partial charge in [-0.15, -0.1) is 0 Å². The molecule has 1 heterocycles. The van der Waals surface area contributed by atoms with Crippen LogP contribution in [0.5, 0.6) is 0 Å². The number of rotatable bonds is 17. The number of carboxylic acids is 1. The number of carboxylic acid groups (broad SMARTS) is 1. The number of unbranched alkanes of at least 4 members (excludes halogenated alkanes) is 10. The maximum absolute atomic E-state index is 11.4. The van der Waals surface area contributed by atoms with Crippen molar-refractivity contribution < 1.29 is 14.6 Å². The van der Waals surface area contributed by atoms with Crippen LogP contribution in [0.25, 0.3) is 0 Å². The standard InChI is InChI=1S/C23H42O3/c1-2-3-4-5-6-7-8-9-10-11-12-13-14-15-17-21(23(24)25)20-22-18-16-19-26-22/h9-10,21-22H,2-8,11-20H2,1H3,(H,24,25). The second-order valence-electron chi connectivity index (χ2n) is 7.93. The topological polar surface area (TPSA) is 46.5 Å². The SMILES string of the molecule is CCCCCCCCC=CCCCCCCC(CC1CCCO1)C(=O)O. The normalized spacial score (nSPS) is 18.6. The van der Waals surface area contributed by atoms with Crippen molar-refractivity contribution in [2.45, 2.75) is 116 Å². The van der Waals surface area contributed by atoms with Crippen molar-refractivity contribution in [2.75, 3.05) is 6.61 Å². The Bertz CT molecular complexity index is 358. The lowest BCUT2D eigenvalue weighted by atomic mass is 9.94. The first-order chi connectivity index (χ1) is 12.7. The van der Waals surface area contributed by atoms with Gasteiger partial charge in [0, 0.05) is 6.61 Å². The fourth-order valence-electron chi connectivity index (χ4n) is 3.77. The zero-order valence-corrected chi connectivity index (χ0v) is 17.1. The molecule has 0 bridgehead atoms. The summed E-state index contributed by atoms with van der Waals surface area (Å²) in [5, 5.41) is 9.37. The molecule has 0 spiro atoms. The average Bonchev–Trinajstić information content (AvgIpc) is 3.14. The van der Waals surface area contributed by atoms with Crippen LogP contribution in [0.1, 0.15) is 110 Å². The van der Waals surface area contributed by atoms with Crippen molar-refractivity contribution in [3.05, 3.63) is 12.2 Å². The first kappa shape index (κ1) is 23.2. The molecule has 1 aliphatic rings. The minimum Gasteiger partial charge on any atom is -0.481 e. The third-order valence-corrected chi connectivity index (χ3v) is 5.49. The number of aliphatic carboxylic acids is 1. The van der Waals surface area contributed by atoms with Crippen molar-refractivity contribution >= 4 is 5.97 Å². The summed E-state index contributed by atoms with van der Waals surface area (Å²) in [6, 6.07) is 0. The number of hydrogen-bond acceptors (Lipinski definition) is 2. The Morgan fingerprint density at radius 2 is 1.62 bits per heavy atom. The zero-order valence-electron chi connectivity index (χ0n) is 17.1. The number of allylic oxidation sites excluding steroid dienone is 2. The molecule has 2 atom stereocenters. The predicted octanol–water partition coefficient (Wildman–Crippen LogP) is 6.90. The maximum atomic E-state index is 11.4. The van der Waals surface area contributed by atoms with E-state index in [1.54, 1.807) is 0 Å². The second kappa shape index (κ2) is 16.4. The molecule has 0 amide bonds. The first-order valence-electron chi connectivity index (χ1n) is 11.2. The van der Waals surface area contributed by atoms with Gasteiger partial charge in [0.25, 0.3) is 0 Å². The van der Waals surface area contributed by atoms with E-state index in [1.807, 2.05) is 0 Å². The number of ether oxygens (including phenoxy) is 1. The fraction of sp³-hybridized carbons (Fsp3) is 0.870. The third-order valence-electron chi connectivity index (χ3n) is 5.49. The van der Waals surface area contributed by atoms with Gasteiger partial charge in [-0.25, -0.2) is 0 Å². The summed E-state index contributed by atoms with van der Waals surface area (Å²) < 4.78 is 5.59. The van der Waals surface area contributed by atoms with E-state index >= 15 is 0 Å². The Balaban J connectivity index is 1.91. The summed E-state index contributed by atoms with van der Waals surface area (Å²) in [6.45, 7) is 3.07. The highest BCUT2D eigenvalue weighted by molar-refractivity contribution is 5.69. The van der Waals surface area contributed by atoms with Crippen LogP contribution in [0.2, 0.25) is 0 Å². The van der Waals surface area contributed by atoms with Gasteiger partial charge in [0.15, 0.2) is 0 Å². The Morgan fingerprint density at radius 1 is 1.00 bits per heavy atom. The van der Waals surface area contributed by atoms with Gasteiger partial charge in [-0.3, -0.25) is 4.79 Å². The van der Waals surface area contributed by atoms with Crippen LogP contribution in [-0.2, 0) is 9.53 Å². The molecule has 0 aromatic rings. The lowest BCUT2D eigenvalue weighted by Crippen LogP contribution is -2.20. The molecule has 152 valence electrons. The van der Waals surface area contributed by atoms with Crippen LogP contribution >= 0.6 is 0 Å². The van der Waals surface area contributed by atoms with Gasteiger partial charge in [-0.2, -0.15) is 0 Å². The molecular formula is C23H42O3. The van der Waals surface area contributed by atoms with Crippen molar-refractivity contribution in [3.8, 4) is 0 Å². The van der Waals surface area contributed by atoms with Crippen LogP contribution in [-0.4, -0.2) is 23.8 Å². The molecule has 26 heavy (non-hydrogen) atoms. The van der Waals surface area contributed by atoms with Crippen molar-refractivity contribution in [3.63, 3.8) is 0 Å². The van der Waals surface area contributed by atoms with E-state index in [-0.39, 0.29) is 12.0 Å². The minimum absolute atomic E-state index is 0.188. The maximum Gasteiger partial charge on any atom is 0.306 e. The van der Waals surface area contributed by atoms with Gasteiger partial charge < -0.3 is 9.84 Å². The van der Waals surface area contributed by atoms with Crippen LogP contribution in [0.3, 0.4) is 0 Å². The van der Waals surface area contributed by atoms with Crippen LogP contribution in [0.4, 0.5) is 0 Å². The summed E-state index contributed by atoms with van der Waals surface area (Å²) in [4.78, 5) is 11.4. The highest BCUT2D eigenvalue weighted by Crippen LogP contribution is 2.24. The quantitative estimate of drug-likeness (QED) is 0.225. The molecule has 1 N–H and O–H groups in total. The van der Waals surface area contributed by atoms with Crippen molar-refractivity contribution in [1.29, 1.82) is 0 Å². The Kier molecular flexibility index (Phi) is 14.6. The summed E-state index contributed by atoms with van der Waals surface area (Å²) in [5.74, 6) is -0.853. The van der Waals surface area contributed by atoms with E-state index in [0.717, 1.165) is 38.7 Å². The number of carbonyl (C=O) groups is 1. The first-order valence-corrected chi connectivity index (χ1v) is 11.2. The van der Waals surface area contributed by atoms with Gasteiger partial charge in [-0.05, 0) is 51.4 Å². The van der Waals surface area contributed by atoms with Gasteiger partial charge in [-0.1, -0.05) is 70.4 Å². The predicted molar refractivity (Wildman–Crippen MR) is 110 cm³/mol.